The molecule has 0 unspecified atom stereocenters. The monoisotopic (exact) mass is 422 g/mol. The van der Waals surface area contributed by atoms with Gasteiger partial charge in [-0.2, -0.15) is 0 Å². The van der Waals surface area contributed by atoms with Crippen molar-refractivity contribution in [3.05, 3.63) is 60.3 Å². The molecule has 3 aromatic heterocycles. The zero-order chi connectivity index (χ0) is 21.2. The van der Waals surface area contributed by atoms with Gasteiger partial charge in [-0.15, -0.1) is 0 Å². The Kier molecular flexibility index (Phi) is 5.13. The third-order valence-electron chi connectivity index (χ3n) is 5.25. The lowest BCUT2D eigenvalue weighted by Gasteiger charge is -2.27. The minimum atomic E-state index is -0.908. The van der Waals surface area contributed by atoms with Crippen molar-refractivity contribution >= 4 is 22.8 Å². The van der Waals surface area contributed by atoms with Gasteiger partial charge in [-0.25, -0.2) is 28.7 Å². The van der Waals surface area contributed by atoms with Gasteiger partial charge in [-0.1, -0.05) is 12.1 Å². The second-order valence-electron chi connectivity index (χ2n) is 7.19. The maximum atomic E-state index is 14.4. The Bertz CT molecular complexity index is 1220. The Labute approximate surface area is 176 Å². The number of anilines is 2. The van der Waals surface area contributed by atoms with Gasteiger partial charge in [0.15, 0.2) is 11.6 Å². The first-order chi connectivity index (χ1) is 15.2. The van der Waals surface area contributed by atoms with Crippen LogP contribution in [0.15, 0.2) is 43.0 Å². The van der Waals surface area contributed by atoms with Crippen LogP contribution in [0.25, 0.3) is 22.2 Å². The molecule has 0 amide bonds. The summed E-state index contributed by atoms with van der Waals surface area (Å²) in [7, 11) is 0. The fourth-order valence-electron chi connectivity index (χ4n) is 3.70. The lowest BCUT2D eigenvalue weighted by Crippen LogP contribution is -2.44. The Morgan fingerprint density at radius 2 is 1.90 bits per heavy atom. The quantitative estimate of drug-likeness (QED) is 0.455. The summed E-state index contributed by atoms with van der Waals surface area (Å²) >= 11 is 0. The van der Waals surface area contributed by atoms with Crippen molar-refractivity contribution < 1.29 is 8.78 Å². The number of aromatic amines is 1. The van der Waals surface area contributed by atoms with Crippen molar-refractivity contribution in [2.75, 3.05) is 36.4 Å². The van der Waals surface area contributed by atoms with E-state index < -0.39 is 11.6 Å². The molecule has 4 heterocycles. The summed E-state index contributed by atoms with van der Waals surface area (Å²) in [5.74, 6) is -0.612. The normalized spacial score (nSPS) is 14.2. The molecule has 8 nitrogen and oxygen atoms in total. The molecular weight excluding hydrogens is 402 g/mol. The van der Waals surface area contributed by atoms with Crippen LogP contribution in [0.5, 0.6) is 0 Å². The molecule has 0 atom stereocenters. The number of halogens is 2. The Balaban J connectivity index is 1.44. The molecule has 158 valence electrons. The van der Waals surface area contributed by atoms with Gasteiger partial charge < -0.3 is 20.5 Å². The van der Waals surface area contributed by atoms with Gasteiger partial charge in [0, 0.05) is 49.7 Å². The van der Waals surface area contributed by atoms with E-state index in [2.05, 4.69) is 40.5 Å². The first-order valence-corrected chi connectivity index (χ1v) is 9.98. The van der Waals surface area contributed by atoms with E-state index in [4.69, 9.17) is 0 Å². The van der Waals surface area contributed by atoms with E-state index in [1.165, 1.54) is 18.5 Å². The molecule has 0 aliphatic carbocycles. The molecule has 0 radical (unpaired) electrons. The van der Waals surface area contributed by atoms with Crippen molar-refractivity contribution in [1.29, 1.82) is 0 Å². The number of nitrogens with zero attached hydrogens (tertiary/aromatic N) is 5. The fraction of sp³-hybridized carbons (Fsp3) is 0.238. The van der Waals surface area contributed by atoms with E-state index >= 15 is 0 Å². The zero-order valence-corrected chi connectivity index (χ0v) is 16.6. The molecule has 10 heteroatoms. The standard InChI is InChI=1S/C21H20F2N8/c22-16-3-1-2-14(18(16)23)15-11-27-20-17(15)19(28-12-29-20)26-10-13-4-5-25-21(30-13)31-8-6-24-7-9-31/h1-5,11-12,24H,6-10H2,(H2,26,27,28,29). The maximum Gasteiger partial charge on any atom is 0.225 e. The molecule has 1 fully saturated rings. The Morgan fingerprint density at radius 1 is 1.03 bits per heavy atom. The Hall–Kier alpha value is -3.66. The third kappa shape index (κ3) is 3.77. The van der Waals surface area contributed by atoms with Gasteiger partial charge in [-0.05, 0) is 12.1 Å². The van der Waals surface area contributed by atoms with E-state index in [1.807, 2.05) is 6.07 Å². The van der Waals surface area contributed by atoms with Crippen LogP contribution in [0.3, 0.4) is 0 Å². The second-order valence-corrected chi connectivity index (χ2v) is 7.19. The van der Waals surface area contributed by atoms with Gasteiger partial charge >= 0.3 is 0 Å². The molecule has 0 bridgehead atoms. The predicted octanol–water partition coefficient (Wildman–Crippen LogP) is 2.71. The van der Waals surface area contributed by atoms with Crippen LogP contribution in [-0.4, -0.2) is 51.1 Å². The number of rotatable bonds is 5. The smallest absolute Gasteiger partial charge is 0.225 e. The highest BCUT2D eigenvalue weighted by Crippen LogP contribution is 2.34. The molecule has 4 aromatic rings. The minimum absolute atomic E-state index is 0.145. The number of hydrogen-bond donors (Lipinski definition) is 3. The summed E-state index contributed by atoms with van der Waals surface area (Å²) in [6.07, 6.45) is 4.76. The number of fused-ring (bicyclic) bond motifs is 1. The largest absolute Gasteiger partial charge is 0.364 e. The maximum absolute atomic E-state index is 14.4. The van der Waals surface area contributed by atoms with Gasteiger partial charge in [0.2, 0.25) is 5.95 Å². The molecule has 31 heavy (non-hydrogen) atoms. The molecule has 1 aliphatic heterocycles. The SMILES string of the molecule is Fc1cccc(-c2c[nH]c3ncnc(NCc4ccnc(N5CCNCC5)n4)c23)c1F. The van der Waals surface area contributed by atoms with Crippen molar-refractivity contribution in [3.63, 3.8) is 0 Å². The lowest BCUT2D eigenvalue weighted by atomic mass is 10.1. The van der Waals surface area contributed by atoms with Crippen LogP contribution < -0.4 is 15.5 Å². The van der Waals surface area contributed by atoms with Gasteiger partial charge in [-0.3, -0.25) is 0 Å². The predicted molar refractivity (Wildman–Crippen MR) is 114 cm³/mol. The molecular formula is C21H20F2N8. The van der Waals surface area contributed by atoms with Crippen molar-refractivity contribution in [2.24, 2.45) is 0 Å². The minimum Gasteiger partial charge on any atom is -0.364 e. The van der Waals surface area contributed by atoms with Gasteiger partial charge in [0.25, 0.3) is 0 Å². The van der Waals surface area contributed by atoms with Crippen molar-refractivity contribution in [3.8, 4) is 11.1 Å². The van der Waals surface area contributed by atoms with Crippen LogP contribution in [-0.2, 0) is 6.54 Å². The fourth-order valence-corrected chi connectivity index (χ4v) is 3.70. The molecule has 3 N–H and O–H groups in total. The van der Waals surface area contributed by atoms with E-state index in [-0.39, 0.29) is 5.56 Å². The highest BCUT2D eigenvalue weighted by Gasteiger charge is 2.18. The summed E-state index contributed by atoms with van der Waals surface area (Å²) in [6.45, 7) is 3.91. The number of hydrogen-bond acceptors (Lipinski definition) is 7. The number of benzene rings is 1. The van der Waals surface area contributed by atoms with Crippen LogP contribution >= 0.6 is 0 Å². The van der Waals surface area contributed by atoms with Crippen LogP contribution in [0.1, 0.15) is 5.69 Å². The molecule has 0 spiro atoms. The highest BCUT2D eigenvalue weighted by molar-refractivity contribution is 6.00. The van der Waals surface area contributed by atoms with Crippen LogP contribution in [0.2, 0.25) is 0 Å². The number of aromatic nitrogens is 5. The second kappa shape index (κ2) is 8.23. The summed E-state index contributed by atoms with van der Waals surface area (Å²) < 4.78 is 28.2. The Morgan fingerprint density at radius 3 is 2.77 bits per heavy atom. The summed E-state index contributed by atoms with van der Waals surface area (Å²) in [5.41, 5.74) is 1.95. The topological polar surface area (TPSA) is 94.7 Å². The lowest BCUT2D eigenvalue weighted by molar-refractivity contribution is 0.511. The average molecular weight is 422 g/mol. The van der Waals surface area contributed by atoms with Gasteiger partial charge in [0.05, 0.1) is 17.6 Å². The zero-order valence-electron chi connectivity index (χ0n) is 16.6. The van der Waals surface area contributed by atoms with Crippen LogP contribution in [0, 0.1) is 11.6 Å². The van der Waals surface area contributed by atoms with E-state index in [1.54, 1.807) is 12.4 Å². The van der Waals surface area contributed by atoms with Crippen molar-refractivity contribution in [1.82, 2.24) is 30.2 Å². The molecule has 1 aromatic carbocycles. The van der Waals surface area contributed by atoms with E-state index in [0.29, 0.717) is 34.9 Å². The molecule has 5 rings (SSSR count). The van der Waals surface area contributed by atoms with Crippen LogP contribution in [0.4, 0.5) is 20.5 Å². The molecule has 0 saturated carbocycles. The van der Waals surface area contributed by atoms with E-state index in [0.717, 1.165) is 37.9 Å². The summed E-state index contributed by atoms with van der Waals surface area (Å²) in [4.78, 5) is 22.7. The van der Waals surface area contributed by atoms with Gasteiger partial charge in [0.1, 0.15) is 17.8 Å². The van der Waals surface area contributed by atoms with Crippen molar-refractivity contribution in [2.45, 2.75) is 6.54 Å². The van der Waals surface area contributed by atoms with E-state index in [9.17, 15) is 8.78 Å². The first kappa shape index (κ1) is 19.3. The summed E-state index contributed by atoms with van der Waals surface area (Å²) in [6, 6.07) is 5.93. The summed E-state index contributed by atoms with van der Waals surface area (Å²) in [5, 5.41) is 7.15. The highest BCUT2D eigenvalue weighted by atomic mass is 19.2. The number of piperazine rings is 1. The third-order valence-corrected chi connectivity index (χ3v) is 5.25. The number of nitrogens with one attached hydrogen (secondary N) is 3. The molecule has 1 aliphatic rings. The average Bonchev–Trinajstić information content (AvgIpc) is 3.25. The molecule has 1 saturated heterocycles. The number of H-pyrrole nitrogens is 1. The first-order valence-electron chi connectivity index (χ1n) is 9.98.